The van der Waals surface area contributed by atoms with Gasteiger partial charge in [-0.25, -0.2) is 0 Å². The van der Waals surface area contributed by atoms with Crippen molar-refractivity contribution >= 4 is 17.7 Å². The third-order valence-electron chi connectivity index (χ3n) is 7.17. The minimum absolute atomic E-state index is 0.0296. The van der Waals surface area contributed by atoms with E-state index in [0.29, 0.717) is 45.3 Å². The molecule has 0 unspecified atom stereocenters. The van der Waals surface area contributed by atoms with E-state index in [1.807, 2.05) is 18.2 Å². The normalized spacial score (nSPS) is 21.8. The molecule has 2 aromatic rings. The van der Waals surface area contributed by atoms with Crippen LogP contribution in [0.1, 0.15) is 43.7 Å². The summed E-state index contributed by atoms with van der Waals surface area (Å²) in [5.41, 5.74) is 9.61. The molecule has 0 saturated carbocycles. The fourth-order valence-electron chi connectivity index (χ4n) is 5.30. The molecule has 0 aromatic heterocycles. The van der Waals surface area contributed by atoms with Crippen LogP contribution in [0.25, 0.3) is 11.1 Å². The van der Waals surface area contributed by atoms with Crippen molar-refractivity contribution in [3.05, 3.63) is 59.7 Å². The van der Waals surface area contributed by atoms with Gasteiger partial charge in [0.15, 0.2) is 0 Å². The van der Waals surface area contributed by atoms with Gasteiger partial charge in [0.25, 0.3) is 0 Å². The Labute approximate surface area is 195 Å². The molecule has 0 bridgehead atoms. The van der Waals surface area contributed by atoms with Crippen molar-refractivity contribution in [2.45, 2.75) is 52.0 Å². The van der Waals surface area contributed by atoms with Crippen molar-refractivity contribution in [2.75, 3.05) is 19.6 Å². The molecule has 2 N–H and O–H groups in total. The largest absolute Gasteiger partial charge is 0.369 e. The van der Waals surface area contributed by atoms with Gasteiger partial charge in [-0.15, -0.1) is 0 Å². The summed E-state index contributed by atoms with van der Waals surface area (Å²) in [4.78, 5) is 41.5. The lowest BCUT2D eigenvalue weighted by Crippen LogP contribution is -2.56. The number of nitrogens with zero attached hydrogens (tertiary/aromatic N) is 2. The van der Waals surface area contributed by atoms with Crippen molar-refractivity contribution in [3.8, 4) is 11.1 Å². The van der Waals surface area contributed by atoms with Crippen molar-refractivity contribution in [2.24, 2.45) is 11.1 Å². The molecule has 2 fully saturated rings. The maximum atomic E-state index is 13.2. The fourth-order valence-corrected chi connectivity index (χ4v) is 5.30. The molecule has 3 amide bonds. The molecule has 2 atom stereocenters. The third-order valence-corrected chi connectivity index (χ3v) is 7.17. The molecule has 174 valence electrons. The maximum Gasteiger partial charge on any atom is 0.245 e. The summed E-state index contributed by atoms with van der Waals surface area (Å²) in [5, 5.41) is 0. The molecule has 4 rings (SSSR count). The lowest BCUT2D eigenvalue weighted by Gasteiger charge is -2.42. The van der Waals surface area contributed by atoms with Gasteiger partial charge in [-0.2, -0.15) is 0 Å². The predicted octanol–water partition coefficient (Wildman–Crippen LogP) is 3.31. The summed E-state index contributed by atoms with van der Waals surface area (Å²) >= 11 is 0. The molecular weight excluding hydrogens is 414 g/mol. The molecule has 6 nitrogen and oxygen atoms in total. The SMILES string of the molecule is Cc1cccc(-c2cccc(C[C@]3(C(N)=O)CCCN(C(=O)[C@@H](C)N4CCCC4=O)C3)c2)c1. The molecule has 0 aliphatic carbocycles. The maximum absolute atomic E-state index is 13.2. The minimum atomic E-state index is -0.812. The first-order valence-electron chi connectivity index (χ1n) is 11.8. The van der Waals surface area contributed by atoms with Crippen LogP contribution < -0.4 is 5.73 Å². The lowest BCUT2D eigenvalue weighted by atomic mass is 9.74. The molecule has 0 spiro atoms. The molecular formula is C27H33N3O3. The quantitative estimate of drug-likeness (QED) is 0.737. The topological polar surface area (TPSA) is 83.7 Å². The van der Waals surface area contributed by atoms with Crippen LogP contribution in [-0.4, -0.2) is 53.2 Å². The van der Waals surface area contributed by atoms with Crippen molar-refractivity contribution < 1.29 is 14.4 Å². The second kappa shape index (κ2) is 9.38. The van der Waals surface area contributed by atoms with Crippen LogP contribution in [0.4, 0.5) is 0 Å². The first-order valence-corrected chi connectivity index (χ1v) is 11.8. The Morgan fingerprint density at radius 1 is 1.06 bits per heavy atom. The monoisotopic (exact) mass is 447 g/mol. The van der Waals surface area contributed by atoms with E-state index in [1.165, 1.54) is 5.56 Å². The molecule has 6 heteroatoms. The van der Waals surface area contributed by atoms with Crippen LogP contribution >= 0.6 is 0 Å². The number of rotatable bonds is 6. The summed E-state index contributed by atoms with van der Waals surface area (Å²) in [6.45, 7) is 5.36. The summed E-state index contributed by atoms with van der Waals surface area (Å²) in [6.07, 6.45) is 3.15. The Morgan fingerprint density at radius 2 is 1.79 bits per heavy atom. The zero-order valence-electron chi connectivity index (χ0n) is 19.5. The average molecular weight is 448 g/mol. The molecule has 2 aromatic carbocycles. The summed E-state index contributed by atoms with van der Waals surface area (Å²) in [6, 6.07) is 16.0. The lowest BCUT2D eigenvalue weighted by molar-refractivity contribution is -0.147. The van der Waals surface area contributed by atoms with Crippen LogP contribution in [0, 0.1) is 12.3 Å². The molecule has 2 aliphatic heterocycles. The predicted molar refractivity (Wildman–Crippen MR) is 128 cm³/mol. The second-order valence-corrected chi connectivity index (χ2v) is 9.62. The number of amides is 3. The Hall–Kier alpha value is -3.15. The van der Waals surface area contributed by atoms with Crippen molar-refractivity contribution in [1.29, 1.82) is 0 Å². The zero-order valence-corrected chi connectivity index (χ0v) is 19.5. The fraction of sp³-hybridized carbons (Fsp3) is 0.444. The Kier molecular flexibility index (Phi) is 6.54. The van der Waals surface area contributed by atoms with E-state index in [4.69, 9.17) is 5.73 Å². The minimum Gasteiger partial charge on any atom is -0.369 e. The van der Waals surface area contributed by atoms with Gasteiger partial charge >= 0.3 is 0 Å². The van der Waals surface area contributed by atoms with E-state index < -0.39 is 11.5 Å². The first-order chi connectivity index (χ1) is 15.8. The van der Waals surface area contributed by atoms with Crippen LogP contribution in [0.2, 0.25) is 0 Å². The highest BCUT2D eigenvalue weighted by Crippen LogP contribution is 2.35. The molecule has 0 radical (unpaired) electrons. The molecule has 2 saturated heterocycles. The van der Waals surface area contributed by atoms with Gasteiger partial charge < -0.3 is 15.5 Å². The summed E-state index contributed by atoms with van der Waals surface area (Å²) in [5.74, 6) is -0.433. The Morgan fingerprint density at radius 3 is 2.45 bits per heavy atom. The van der Waals surface area contributed by atoms with E-state index >= 15 is 0 Å². The summed E-state index contributed by atoms with van der Waals surface area (Å²) < 4.78 is 0. The second-order valence-electron chi connectivity index (χ2n) is 9.62. The van der Waals surface area contributed by atoms with E-state index in [9.17, 15) is 14.4 Å². The van der Waals surface area contributed by atoms with Gasteiger partial charge in [0.2, 0.25) is 17.7 Å². The van der Waals surface area contributed by atoms with E-state index in [2.05, 4.69) is 37.3 Å². The number of hydrogen-bond donors (Lipinski definition) is 1. The standard InChI is InChI=1S/C27H33N3O3/c1-19-7-3-9-22(15-19)23-10-4-8-21(16-23)17-27(26(28)33)12-6-13-29(18-27)25(32)20(2)30-14-5-11-24(30)31/h3-4,7-10,15-16,20H,5-6,11-14,17-18H2,1-2H3,(H2,28,33)/t20-,27-/m1/s1. The Bertz CT molecular complexity index is 1070. The van der Waals surface area contributed by atoms with Gasteiger partial charge in [0.05, 0.1) is 5.41 Å². The summed E-state index contributed by atoms with van der Waals surface area (Å²) in [7, 11) is 0. The Balaban J connectivity index is 1.55. The molecule has 33 heavy (non-hydrogen) atoms. The first kappa shape index (κ1) is 23.0. The third kappa shape index (κ3) is 4.80. The van der Waals surface area contributed by atoms with E-state index in [1.54, 1.807) is 16.7 Å². The van der Waals surface area contributed by atoms with Gasteiger partial charge in [-0.3, -0.25) is 14.4 Å². The van der Waals surface area contributed by atoms with Crippen LogP contribution in [0.3, 0.4) is 0 Å². The van der Waals surface area contributed by atoms with Crippen molar-refractivity contribution in [1.82, 2.24) is 9.80 Å². The van der Waals surface area contributed by atoms with E-state index in [-0.39, 0.29) is 17.7 Å². The number of primary amides is 1. The number of nitrogens with two attached hydrogens (primary N) is 1. The highest BCUT2D eigenvalue weighted by atomic mass is 16.2. The van der Waals surface area contributed by atoms with Gasteiger partial charge in [0.1, 0.15) is 6.04 Å². The van der Waals surface area contributed by atoms with Crippen molar-refractivity contribution in [3.63, 3.8) is 0 Å². The number of hydrogen-bond acceptors (Lipinski definition) is 3. The number of benzene rings is 2. The van der Waals surface area contributed by atoms with Crippen LogP contribution in [0.15, 0.2) is 48.5 Å². The number of carbonyl (C=O) groups excluding carboxylic acids is 3. The highest BCUT2D eigenvalue weighted by Gasteiger charge is 2.44. The number of carbonyl (C=O) groups is 3. The van der Waals surface area contributed by atoms with E-state index in [0.717, 1.165) is 23.1 Å². The smallest absolute Gasteiger partial charge is 0.245 e. The highest BCUT2D eigenvalue weighted by molar-refractivity contribution is 5.89. The number of piperidine rings is 1. The van der Waals surface area contributed by atoms with Gasteiger partial charge in [0, 0.05) is 26.1 Å². The molecule has 2 heterocycles. The van der Waals surface area contributed by atoms with Gasteiger partial charge in [-0.05, 0) is 56.2 Å². The molecule has 2 aliphatic rings. The van der Waals surface area contributed by atoms with Crippen LogP contribution in [-0.2, 0) is 20.8 Å². The zero-order chi connectivity index (χ0) is 23.6. The van der Waals surface area contributed by atoms with Gasteiger partial charge in [-0.1, -0.05) is 54.1 Å². The average Bonchev–Trinajstić information content (AvgIpc) is 3.24. The number of likely N-dealkylation sites (tertiary alicyclic amines) is 2. The number of aryl methyl sites for hydroxylation is 1. The van der Waals surface area contributed by atoms with Crippen LogP contribution in [0.5, 0.6) is 0 Å².